The van der Waals surface area contributed by atoms with E-state index in [1.807, 2.05) is 18.5 Å². The summed E-state index contributed by atoms with van der Waals surface area (Å²) in [4.78, 5) is 21.5. The molecule has 0 unspecified atom stereocenters. The molecule has 1 aliphatic heterocycles. The summed E-state index contributed by atoms with van der Waals surface area (Å²) in [6, 6.07) is 8.31. The van der Waals surface area contributed by atoms with E-state index in [-0.39, 0.29) is 11.8 Å². The quantitative estimate of drug-likeness (QED) is 0.772. The number of nitrogens with zero attached hydrogens (tertiary/aromatic N) is 2. The van der Waals surface area contributed by atoms with Crippen LogP contribution in [-0.2, 0) is 11.3 Å². The summed E-state index contributed by atoms with van der Waals surface area (Å²) < 4.78 is 0. The summed E-state index contributed by atoms with van der Waals surface area (Å²) in [5.41, 5.74) is 1.14. The highest BCUT2D eigenvalue weighted by Crippen LogP contribution is 2.28. The van der Waals surface area contributed by atoms with E-state index in [0.717, 1.165) is 33.9 Å². The fraction of sp³-hybridized carbons (Fsp3) is 0.235. The van der Waals surface area contributed by atoms with Crippen LogP contribution in [0.15, 0.2) is 42.9 Å². The molecule has 0 radical (unpaired) electrons. The minimum absolute atomic E-state index is 0.110. The average molecular weight is 324 g/mol. The Kier molecular flexibility index (Phi) is 3.77. The zero-order chi connectivity index (χ0) is 15.6. The van der Waals surface area contributed by atoms with Crippen LogP contribution < -0.4 is 10.6 Å². The molecule has 0 aliphatic carbocycles. The van der Waals surface area contributed by atoms with Crippen molar-refractivity contribution in [2.45, 2.75) is 6.54 Å². The fourth-order valence-electron chi connectivity index (χ4n) is 2.54. The molecule has 1 amide bonds. The highest BCUT2D eigenvalue weighted by atomic mass is 32.1. The summed E-state index contributed by atoms with van der Waals surface area (Å²) >= 11 is 1.62. The van der Waals surface area contributed by atoms with E-state index in [1.54, 1.807) is 17.5 Å². The van der Waals surface area contributed by atoms with Crippen molar-refractivity contribution in [2.24, 2.45) is 5.92 Å². The van der Waals surface area contributed by atoms with Crippen LogP contribution in [-0.4, -0.2) is 29.0 Å². The Balaban J connectivity index is 1.48. The summed E-state index contributed by atoms with van der Waals surface area (Å²) in [6.45, 7) is 2.05. The Bertz CT molecular complexity index is 856. The number of carbonyl (C=O) groups is 1. The summed E-state index contributed by atoms with van der Waals surface area (Å²) in [7, 11) is 0. The van der Waals surface area contributed by atoms with Crippen LogP contribution in [0.25, 0.3) is 21.2 Å². The first-order valence-corrected chi connectivity index (χ1v) is 8.38. The summed E-state index contributed by atoms with van der Waals surface area (Å²) in [6.07, 6.45) is 5.54. The zero-order valence-electron chi connectivity index (χ0n) is 12.5. The van der Waals surface area contributed by atoms with Crippen LogP contribution >= 0.6 is 11.3 Å². The second-order valence-corrected chi connectivity index (χ2v) is 6.74. The number of hydrogen-bond donors (Lipinski definition) is 2. The predicted molar refractivity (Wildman–Crippen MR) is 91.1 cm³/mol. The van der Waals surface area contributed by atoms with E-state index in [0.29, 0.717) is 6.54 Å². The average Bonchev–Trinajstić information content (AvgIpc) is 3.00. The Morgan fingerprint density at radius 3 is 3.00 bits per heavy atom. The largest absolute Gasteiger partial charge is 0.349 e. The molecular weight excluding hydrogens is 308 g/mol. The first-order chi connectivity index (χ1) is 11.3. The molecule has 0 bridgehead atoms. The topological polar surface area (TPSA) is 66.9 Å². The number of nitrogens with one attached hydrogen (secondary N) is 2. The lowest BCUT2D eigenvalue weighted by Crippen LogP contribution is -2.50. The lowest BCUT2D eigenvalue weighted by atomic mass is 10.0. The van der Waals surface area contributed by atoms with Gasteiger partial charge in [-0.3, -0.25) is 9.78 Å². The van der Waals surface area contributed by atoms with Gasteiger partial charge in [0.2, 0.25) is 5.91 Å². The molecule has 3 heterocycles. The Morgan fingerprint density at radius 1 is 1.26 bits per heavy atom. The van der Waals surface area contributed by atoms with Gasteiger partial charge in [0, 0.05) is 37.1 Å². The highest BCUT2D eigenvalue weighted by Gasteiger charge is 2.24. The van der Waals surface area contributed by atoms with Crippen LogP contribution in [0.4, 0.5) is 0 Å². The van der Waals surface area contributed by atoms with Crippen molar-refractivity contribution >= 4 is 28.0 Å². The lowest BCUT2D eigenvalue weighted by molar-refractivity contribution is -0.126. The molecule has 2 N–H and O–H groups in total. The molecule has 3 aromatic rings. The molecule has 5 nitrogen and oxygen atoms in total. The zero-order valence-corrected chi connectivity index (χ0v) is 13.3. The number of fused-ring (bicyclic) bond motifs is 1. The maximum Gasteiger partial charge on any atom is 0.226 e. The van der Waals surface area contributed by atoms with Crippen molar-refractivity contribution in [2.75, 3.05) is 13.1 Å². The molecule has 1 saturated heterocycles. The molecule has 1 fully saturated rings. The van der Waals surface area contributed by atoms with Crippen molar-refractivity contribution in [3.8, 4) is 10.4 Å². The number of carbonyl (C=O) groups excluding carboxylic acids is 1. The smallest absolute Gasteiger partial charge is 0.226 e. The Morgan fingerprint density at radius 2 is 2.17 bits per heavy atom. The maximum atomic E-state index is 11.8. The predicted octanol–water partition coefficient (Wildman–Crippen LogP) is 2.19. The number of rotatable bonds is 4. The second-order valence-electron chi connectivity index (χ2n) is 5.63. The summed E-state index contributed by atoms with van der Waals surface area (Å²) in [5.74, 6) is 0.224. The summed E-state index contributed by atoms with van der Waals surface area (Å²) in [5, 5.41) is 9.28. The van der Waals surface area contributed by atoms with Gasteiger partial charge in [-0.15, -0.1) is 11.3 Å². The SMILES string of the molecule is O=C(NCc1ncc(-c2ccc3cnccc3c2)s1)C1CNC1. The van der Waals surface area contributed by atoms with Gasteiger partial charge in [-0.05, 0) is 23.1 Å². The molecule has 23 heavy (non-hydrogen) atoms. The molecule has 1 aromatic carbocycles. The Labute approximate surface area is 137 Å². The van der Waals surface area contributed by atoms with Gasteiger partial charge < -0.3 is 10.6 Å². The van der Waals surface area contributed by atoms with E-state index in [4.69, 9.17) is 0 Å². The van der Waals surface area contributed by atoms with Crippen LogP contribution in [0, 0.1) is 5.92 Å². The van der Waals surface area contributed by atoms with Gasteiger partial charge in [-0.2, -0.15) is 0 Å². The van der Waals surface area contributed by atoms with Crippen molar-refractivity contribution in [3.05, 3.63) is 47.9 Å². The molecule has 116 valence electrons. The molecule has 0 spiro atoms. The monoisotopic (exact) mass is 324 g/mol. The minimum Gasteiger partial charge on any atom is -0.349 e. The van der Waals surface area contributed by atoms with Gasteiger partial charge in [-0.25, -0.2) is 4.98 Å². The third-order valence-corrected chi connectivity index (χ3v) is 5.09. The van der Waals surface area contributed by atoms with Crippen molar-refractivity contribution in [1.82, 2.24) is 20.6 Å². The first-order valence-electron chi connectivity index (χ1n) is 7.57. The van der Waals surface area contributed by atoms with E-state index in [2.05, 4.69) is 38.8 Å². The van der Waals surface area contributed by atoms with Crippen molar-refractivity contribution < 1.29 is 4.79 Å². The second kappa shape index (κ2) is 6.06. The van der Waals surface area contributed by atoms with Gasteiger partial charge in [0.15, 0.2) is 0 Å². The van der Waals surface area contributed by atoms with Crippen LogP contribution in [0.3, 0.4) is 0 Å². The number of benzene rings is 1. The minimum atomic E-state index is 0.110. The third-order valence-electron chi connectivity index (χ3n) is 4.04. The number of thiazole rings is 1. The van der Waals surface area contributed by atoms with Gasteiger partial charge in [-0.1, -0.05) is 12.1 Å². The number of pyridine rings is 1. The first kappa shape index (κ1) is 14.3. The van der Waals surface area contributed by atoms with Gasteiger partial charge in [0.05, 0.1) is 17.3 Å². The normalized spacial score (nSPS) is 14.6. The standard InChI is InChI=1S/C17H16N4OS/c22-17(14-7-19-8-14)21-10-16-20-9-15(23-16)12-1-2-13-6-18-4-3-11(13)5-12/h1-6,9,14,19H,7-8,10H2,(H,21,22). The molecule has 6 heteroatoms. The fourth-order valence-corrected chi connectivity index (χ4v) is 3.40. The third kappa shape index (κ3) is 2.95. The van der Waals surface area contributed by atoms with E-state index in [1.165, 1.54) is 5.39 Å². The molecule has 2 aromatic heterocycles. The van der Waals surface area contributed by atoms with Crippen LogP contribution in [0.5, 0.6) is 0 Å². The Hall–Kier alpha value is -2.31. The highest BCUT2D eigenvalue weighted by molar-refractivity contribution is 7.15. The van der Waals surface area contributed by atoms with Gasteiger partial charge in [0.1, 0.15) is 5.01 Å². The van der Waals surface area contributed by atoms with Crippen LogP contribution in [0.1, 0.15) is 5.01 Å². The molecule has 0 saturated carbocycles. The van der Waals surface area contributed by atoms with Crippen molar-refractivity contribution in [1.29, 1.82) is 0 Å². The number of aromatic nitrogens is 2. The van der Waals surface area contributed by atoms with Gasteiger partial charge in [0.25, 0.3) is 0 Å². The number of amides is 1. The van der Waals surface area contributed by atoms with Gasteiger partial charge >= 0.3 is 0 Å². The van der Waals surface area contributed by atoms with E-state index >= 15 is 0 Å². The van der Waals surface area contributed by atoms with Crippen molar-refractivity contribution in [3.63, 3.8) is 0 Å². The van der Waals surface area contributed by atoms with Crippen LogP contribution in [0.2, 0.25) is 0 Å². The van der Waals surface area contributed by atoms with E-state index in [9.17, 15) is 4.79 Å². The molecule has 4 rings (SSSR count). The number of hydrogen-bond acceptors (Lipinski definition) is 5. The van der Waals surface area contributed by atoms with E-state index < -0.39 is 0 Å². The lowest BCUT2D eigenvalue weighted by Gasteiger charge is -2.25. The maximum absolute atomic E-state index is 11.8. The molecular formula is C17H16N4OS. The molecule has 1 aliphatic rings. The molecule has 0 atom stereocenters.